The predicted octanol–water partition coefficient (Wildman–Crippen LogP) is -1.20. The van der Waals surface area contributed by atoms with Crippen molar-refractivity contribution in [1.29, 1.82) is 0 Å². The Hall–Kier alpha value is -0.900. The minimum absolute atomic E-state index is 0.418. The maximum atomic E-state index is 10.5. The van der Waals surface area contributed by atoms with Crippen molar-refractivity contribution in [2.75, 3.05) is 6.54 Å². The van der Waals surface area contributed by atoms with Crippen molar-refractivity contribution in [2.24, 2.45) is 0 Å². The molecule has 0 amide bonds. The van der Waals surface area contributed by atoms with Gasteiger partial charge in [-0.3, -0.25) is 5.32 Å². The van der Waals surface area contributed by atoms with E-state index in [1.54, 1.807) is 0 Å². The van der Waals surface area contributed by atoms with Crippen molar-refractivity contribution in [2.45, 2.75) is 12.0 Å². The lowest BCUT2D eigenvalue weighted by molar-refractivity contribution is -0.194. The molecule has 1 spiro atoms. The Morgan fingerprint density at radius 1 is 1.44 bits per heavy atom. The van der Waals surface area contributed by atoms with Gasteiger partial charge in [0.1, 0.15) is 0 Å². The third kappa shape index (κ3) is 0.346. The summed E-state index contributed by atoms with van der Waals surface area (Å²) >= 11 is 0. The van der Waals surface area contributed by atoms with Crippen LogP contribution in [0, 0.1) is 0 Å². The van der Waals surface area contributed by atoms with E-state index in [1.807, 2.05) is 0 Å². The minimum atomic E-state index is -0.889. The molecule has 0 atom stereocenters. The highest BCUT2D eigenvalue weighted by Crippen LogP contribution is 2.29. The number of nitrogens with one attached hydrogen (secondary N) is 1. The van der Waals surface area contributed by atoms with Gasteiger partial charge in [-0.05, 0) is 13.0 Å². The van der Waals surface area contributed by atoms with E-state index in [0.717, 1.165) is 6.54 Å². The van der Waals surface area contributed by atoms with Crippen molar-refractivity contribution >= 4 is 11.9 Å². The van der Waals surface area contributed by atoms with E-state index < -0.39 is 17.5 Å². The Bertz CT molecular complexity index is 178. The summed E-state index contributed by atoms with van der Waals surface area (Å²) in [6.45, 7) is 0.737. The molecule has 2 fully saturated rings. The number of carbonyl (C=O) groups is 2. The molecule has 2 aliphatic rings. The van der Waals surface area contributed by atoms with Gasteiger partial charge in [0, 0.05) is 0 Å². The molecule has 0 aliphatic carbocycles. The molecule has 2 rings (SSSR count). The molecule has 2 saturated heterocycles. The Morgan fingerprint density at radius 2 is 2.00 bits per heavy atom. The smallest absolute Gasteiger partial charge is 0.345 e. The molecule has 4 nitrogen and oxygen atoms in total. The topological polar surface area (TPSA) is 55.4 Å². The van der Waals surface area contributed by atoms with E-state index in [9.17, 15) is 9.59 Å². The highest BCUT2D eigenvalue weighted by molar-refractivity contribution is 6.19. The molecule has 0 unspecified atom stereocenters. The van der Waals surface area contributed by atoms with Crippen LogP contribution in [0.2, 0.25) is 0 Å². The number of esters is 2. The van der Waals surface area contributed by atoms with E-state index >= 15 is 0 Å². The normalized spacial score (nSPS) is 28.9. The summed E-state index contributed by atoms with van der Waals surface area (Å²) in [6.07, 6.45) is 0.602. The lowest BCUT2D eigenvalue weighted by Crippen LogP contribution is -2.75. The molecule has 0 aromatic rings. The second kappa shape index (κ2) is 1.16. The van der Waals surface area contributed by atoms with E-state index in [4.69, 9.17) is 0 Å². The standard InChI is InChI=1S/C5H5NO3/c7-3-5(1-2-6-5)4(8)9-3/h6H,1-2H2. The lowest BCUT2D eigenvalue weighted by Gasteiger charge is -2.43. The van der Waals surface area contributed by atoms with Crippen LogP contribution in [0.15, 0.2) is 0 Å². The molecule has 4 heteroatoms. The first-order valence-corrected chi connectivity index (χ1v) is 2.77. The molecule has 0 saturated carbocycles. The monoisotopic (exact) mass is 127 g/mol. The van der Waals surface area contributed by atoms with Gasteiger partial charge in [0.25, 0.3) is 0 Å². The summed E-state index contributed by atoms with van der Waals surface area (Å²) in [6, 6.07) is 0. The van der Waals surface area contributed by atoms with Crippen LogP contribution in [0.4, 0.5) is 0 Å². The van der Waals surface area contributed by atoms with Gasteiger partial charge in [-0.2, -0.15) is 0 Å². The molecule has 0 bridgehead atoms. The highest BCUT2D eigenvalue weighted by atomic mass is 16.6. The molecule has 1 N–H and O–H groups in total. The predicted molar refractivity (Wildman–Crippen MR) is 26.4 cm³/mol. The van der Waals surface area contributed by atoms with Gasteiger partial charge in [0.2, 0.25) is 5.54 Å². The number of ether oxygens (including phenoxy) is 1. The molecule has 0 aromatic carbocycles. The fourth-order valence-corrected chi connectivity index (χ4v) is 1.02. The zero-order chi connectivity index (χ0) is 6.48. The van der Waals surface area contributed by atoms with Gasteiger partial charge in [-0.15, -0.1) is 0 Å². The first kappa shape index (κ1) is 4.93. The summed E-state index contributed by atoms with van der Waals surface area (Å²) < 4.78 is 4.16. The average molecular weight is 127 g/mol. The van der Waals surface area contributed by atoms with Gasteiger partial charge in [0.15, 0.2) is 0 Å². The van der Waals surface area contributed by atoms with Crippen molar-refractivity contribution in [3.63, 3.8) is 0 Å². The summed E-state index contributed by atoms with van der Waals surface area (Å²) in [7, 11) is 0. The van der Waals surface area contributed by atoms with E-state index in [-0.39, 0.29) is 0 Å². The van der Waals surface area contributed by atoms with Crippen LogP contribution in [0.5, 0.6) is 0 Å². The van der Waals surface area contributed by atoms with Gasteiger partial charge in [-0.1, -0.05) is 0 Å². The minimum Gasteiger partial charge on any atom is -0.389 e. The van der Waals surface area contributed by atoms with Gasteiger partial charge in [0.05, 0.1) is 0 Å². The molecule has 0 radical (unpaired) electrons. The highest BCUT2D eigenvalue weighted by Gasteiger charge is 2.62. The van der Waals surface area contributed by atoms with Crippen LogP contribution in [-0.2, 0) is 14.3 Å². The van der Waals surface area contributed by atoms with Crippen LogP contribution in [0.3, 0.4) is 0 Å². The van der Waals surface area contributed by atoms with Crippen molar-refractivity contribution in [1.82, 2.24) is 5.32 Å². The summed E-state index contributed by atoms with van der Waals surface area (Å²) in [5.41, 5.74) is -0.889. The lowest BCUT2D eigenvalue weighted by atomic mass is 9.84. The third-order valence-corrected chi connectivity index (χ3v) is 1.81. The van der Waals surface area contributed by atoms with Crippen molar-refractivity contribution in [3.8, 4) is 0 Å². The number of rotatable bonds is 0. The second-order valence-electron chi connectivity index (χ2n) is 2.26. The molecular formula is C5H5NO3. The molecule has 2 heterocycles. The van der Waals surface area contributed by atoms with Crippen molar-refractivity contribution < 1.29 is 14.3 Å². The largest absolute Gasteiger partial charge is 0.389 e. The summed E-state index contributed by atoms with van der Waals surface area (Å²) in [5.74, 6) is -0.836. The Labute approximate surface area is 51.2 Å². The Kier molecular flexibility index (Phi) is 0.635. The number of hydrogen-bond acceptors (Lipinski definition) is 4. The fourth-order valence-electron chi connectivity index (χ4n) is 1.02. The van der Waals surface area contributed by atoms with Crippen LogP contribution in [-0.4, -0.2) is 24.0 Å². The van der Waals surface area contributed by atoms with Gasteiger partial charge >= 0.3 is 11.9 Å². The molecule has 2 aliphatic heterocycles. The Balaban J connectivity index is 2.26. The van der Waals surface area contributed by atoms with Crippen molar-refractivity contribution in [3.05, 3.63) is 0 Å². The quantitative estimate of drug-likeness (QED) is 0.328. The average Bonchev–Trinajstić information content (AvgIpc) is 1.60. The van der Waals surface area contributed by atoms with E-state index in [2.05, 4.69) is 10.1 Å². The third-order valence-electron chi connectivity index (χ3n) is 1.81. The van der Waals surface area contributed by atoms with Crippen LogP contribution in [0.25, 0.3) is 0 Å². The summed E-state index contributed by atoms with van der Waals surface area (Å²) in [5, 5.41) is 2.73. The maximum Gasteiger partial charge on any atom is 0.345 e. The second-order valence-corrected chi connectivity index (χ2v) is 2.26. The van der Waals surface area contributed by atoms with E-state index in [1.165, 1.54) is 0 Å². The summed E-state index contributed by atoms with van der Waals surface area (Å²) in [4.78, 5) is 21.1. The molecule has 48 valence electrons. The molecule has 0 aromatic heterocycles. The molecule has 9 heavy (non-hydrogen) atoms. The van der Waals surface area contributed by atoms with E-state index in [0.29, 0.717) is 6.42 Å². The first-order chi connectivity index (χ1) is 4.26. The van der Waals surface area contributed by atoms with Crippen LogP contribution >= 0.6 is 0 Å². The van der Waals surface area contributed by atoms with Crippen LogP contribution in [0.1, 0.15) is 6.42 Å². The fraction of sp³-hybridized carbons (Fsp3) is 0.600. The zero-order valence-electron chi connectivity index (χ0n) is 4.64. The van der Waals surface area contributed by atoms with Gasteiger partial charge < -0.3 is 4.74 Å². The number of cyclic esters (lactones) is 2. The number of hydrogen-bond donors (Lipinski definition) is 1. The maximum absolute atomic E-state index is 10.5. The number of carbonyl (C=O) groups excluding carboxylic acids is 2. The molecular weight excluding hydrogens is 122 g/mol. The first-order valence-electron chi connectivity index (χ1n) is 2.77. The van der Waals surface area contributed by atoms with Gasteiger partial charge in [-0.25, -0.2) is 9.59 Å². The zero-order valence-corrected chi connectivity index (χ0v) is 4.64. The van der Waals surface area contributed by atoms with Crippen LogP contribution < -0.4 is 5.32 Å². The SMILES string of the molecule is O=C1OC(=O)C12CCN2. The Morgan fingerprint density at radius 3 is 2.11 bits per heavy atom.